The van der Waals surface area contributed by atoms with Gasteiger partial charge < -0.3 is 10.4 Å². The summed E-state index contributed by atoms with van der Waals surface area (Å²) >= 11 is 6.03. The largest absolute Gasteiger partial charge is 0.395 e. The minimum atomic E-state index is -0.103. The number of hydrogen-bond donors (Lipinski definition) is 2. The van der Waals surface area contributed by atoms with E-state index in [2.05, 4.69) is 5.32 Å². The Morgan fingerprint density at radius 1 is 1.47 bits per heavy atom. The van der Waals surface area contributed by atoms with Gasteiger partial charge in [-0.05, 0) is 18.7 Å². The van der Waals surface area contributed by atoms with Gasteiger partial charge in [0.05, 0.1) is 13.2 Å². The van der Waals surface area contributed by atoms with E-state index in [-0.39, 0.29) is 19.1 Å². The first-order chi connectivity index (χ1) is 8.13. The smallest absolute Gasteiger partial charge is 0.234 e. The lowest BCUT2D eigenvalue weighted by atomic mass is 10.2. The summed E-state index contributed by atoms with van der Waals surface area (Å²) in [6.07, 6.45) is 0. The second kappa shape index (κ2) is 7.27. The van der Waals surface area contributed by atoms with Crippen LogP contribution in [0.2, 0.25) is 5.02 Å². The van der Waals surface area contributed by atoms with Crippen LogP contribution in [-0.4, -0.2) is 42.7 Å². The van der Waals surface area contributed by atoms with Crippen molar-refractivity contribution in [2.45, 2.75) is 6.54 Å². The van der Waals surface area contributed by atoms with E-state index in [9.17, 15) is 4.79 Å². The number of carbonyl (C=O) groups excluding carboxylic acids is 1. The van der Waals surface area contributed by atoms with Crippen LogP contribution in [0.1, 0.15) is 5.56 Å². The van der Waals surface area contributed by atoms with Gasteiger partial charge in [0.25, 0.3) is 0 Å². The summed E-state index contributed by atoms with van der Waals surface area (Å²) in [5, 5.41) is 11.9. The van der Waals surface area contributed by atoms with Crippen molar-refractivity contribution in [2.75, 3.05) is 26.7 Å². The standard InChI is InChI=1S/C12H17ClN2O2/c1-15(9-12(17)14-6-7-16)8-10-4-2-3-5-11(10)13/h2-5,16H,6-9H2,1H3,(H,14,17). The molecule has 0 fully saturated rings. The molecule has 1 rings (SSSR count). The molecule has 5 heteroatoms. The highest BCUT2D eigenvalue weighted by Gasteiger charge is 2.08. The predicted octanol–water partition coefficient (Wildman–Crippen LogP) is 0.880. The topological polar surface area (TPSA) is 52.6 Å². The monoisotopic (exact) mass is 256 g/mol. The average Bonchev–Trinajstić information content (AvgIpc) is 2.29. The zero-order valence-electron chi connectivity index (χ0n) is 9.82. The van der Waals surface area contributed by atoms with E-state index in [0.717, 1.165) is 5.56 Å². The quantitative estimate of drug-likeness (QED) is 0.795. The zero-order chi connectivity index (χ0) is 12.7. The number of aliphatic hydroxyl groups excluding tert-OH is 1. The molecule has 2 N–H and O–H groups in total. The van der Waals surface area contributed by atoms with Crippen molar-refractivity contribution >= 4 is 17.5 Å². The molecule has 4 nitrogen and oxygen atoms in total. The number of benzene rings is 1. The SMILES string of the molecule is CN(CC(=O)NCCO)Cc1ccccc1Cl. The molecule has 0 heterocycles. The first-order valence-corrected chi connectivity index (χ1v) is 5.80. The molecule has 0 saturated heterocycles. The van der Waals surface area contributed by atoms with Crippen LogP contribution in [0.4, 0.5) is 0 Å². The number of carbonyl (C=O) groups is 1. The molecule has 0 atom stereocenters. The molecule has 0 saturated carbocycles. The zero-order valence-corrected chi connectivity index (χ0v) is 10.6. The number of aliphatic hydroxyl groups is 1. The molecule has 1 aromatic carbocycles. The fraction of sp³-hybridized carbons (Fsp3) is 0.417. The van der Waals surface area contributed by atoms with Crippen LogP contribution < -0.4 is 5.32 Å². The molecule has 0 spiro atoms. The van der Waals surface area contributed by atoms with E-state index in [1.54, 1.807) is 0 Å². The van der Waals surface area contributed by atoms with Crippen LogP contribution in [0.3, 0.4) is 0 Å². The Morgan fingerprint density at radius 3 is 2.82 bits per heavy atom. The Hall–Kier alpha value is -1.10. The van der Waals surface area contributed by atoms with Gasteiger partial charge in [-0.25, -0.2) is 0 Å². The van der Waals surface area contributed by atoms with Crippen LogP contribution in [0.25, 0.3) is 0 Å². The summed E-state index contributed by atoms with van der Waals surface area (Å²) in [6.45, 7) is 1.15. The van der Waals surface area contributed by atoms with Gasteiger partial charge in [-0.3, -0.25) is 9.69 Å². The van der Waals surface area contributed by atoms with Crippen LogP contribution in [0, 0.1) is 0 Å². The van der Waals surface area contributed by atoms with Crippen molar-refractivity contribution in [1.29, 1.82) is 0 Å². The number of nitrogens with one attached hydrogen (secondary N) is 1. The molecule has 0 unspecified atom stereocenters. The molecular formula is C12H17ClN2O2. The van der Waals surface area contributed by atoms with Gasteiger partial charge in [0.15, 0.2) is 0 Å². The maximum atomic E-state index is 11.4. The molecule has 0 aliphatic heterocycles. The fourth-order valence-electron chi connectivity index (χ4n) is 1.47. The third kappa shape index (κ3) is 5.17. The Balaban J connectivity index is 2.42. The molecule has 0 radical (unpaired) electrons. The van der Waals surface area contributed by atoms with Crippen LogP contribution in [-0.2, 0) is 11.3 Å². The summed E-state index contributed by atoms with van der Waals surface area (Å²) in [6, 6.07) is 7.56. The van der Waals surface area contributed by atoms with Crippen LogP contribution >= 0.6 is 11.6 Å². The van der Waals surface area contributed by atoms with Crippen molar-refractivity contribution in [1.82, 2.24) is 10.2 Å². The number of rotatable bonds is 6. The third-order valence-electron chi connectivity index (χ3n) is 2.25. The number of halogens is 1. The molecule has 0 aliphatic carbocycles. The van der Waals surface area contributed by atoms with Crippen LogP contribution in [0.15, 0.2) is 24.3 Å². The molecule has 0 bridgehead atoms. The summed E-state index contributed by atoms with van der Waals surface area (Å²) in [4.78, 5) is 13.3. The number of nitrogens with zero attached hydrogens (tertiary/aromatic N) is 1. The predicted molar refractivity (Wildman–Crippen MR) is 67.9 cm³/mol. The molecule has 17 heavy (non-hydrogen) atoms. The molecule has 0 aliphatic rings. The van der Waals surface area contributed by atoms with Gasteiger partial charge in [-0.15, -0.1) is 0 Å². The summed E-state index contributed by atoms with van der Waals surface area (Å²) in [5.41, 5.74) is 0.992. The first-order valence-electron chi connectivity index (χ1n) is 5.43. The summed E-state index contributed by atoms with van der Waals surface area (Å²) in [7, 11) is 1.85. The van der Waals surface area contributed by atoms with Crippen molar-refractivity contribution in [3.05, 3.63) is 34.9 Å². The highest BCUT2D eigenvalue weighted by molar-refractivity contribution is 6.31. The average molecular weight is 257 g/mol. The Bertz CT molecular complexity index is 371. The van der Waals surface area contributed by atoms with Crippen molar-refractivity contribution in [3.63, 3.8) is 0 Å². The van der Waals surface area contributed by atoms with Gasteiger partial charge in [-0.1, -0.05) is 29.8 Å². The maximum absolute atomic E-state index is 11.4. The second-order valence-corrected chi connectivity index (χ2v) is 4.24. The lowest BCUT2D eigenvalue weighted by Gasteiger charge is -2.16. The molecule has 94 valence electrons. The van der Waals surface area contributed by atoms with E-state index >= 15 is 0 Å². The Morgan fingerprint density at radius 2 is 2.18 bits per heavy atom. The Kier molecular flexibility index (Phi) is 5.97. The number of hydrogen-bond acceptors (Lipinski definition) is 3. The summed E-state index contributed by atoms with van der Waals surface area (Å²) < 4.78 is 0. The fourth-order valence-corrected chi connectivity index (χ4v) is 1.67. The minimum Gasteiger partial charge on any atom is -0.395 e. The Labute approximate surface area is 106 Å². The van der Waals surface area contributed by atoms with E-state index in [4.69, 9.17) is 16.7 Å². The lowest BCUT2D eigenvalue weighted by Crippen LogP contribution is -2.36. The number of likely N-dealkylation sites (N-methyl/N-ethyl adjacent to an activating group) is 1. The third-order valence-corrected chi connectivity index (χ3v) is 2.61. The highest BCUT2D eigenvalue weighted by Crippen LogP contribution is 2.16. The summed E-state index contributed by atoms with van der Waals surface area (Å²) in [5.74, 6) is -0.103. The van der Waals surface area contributed by atoms with Crippen molar-refractivity contribution in [2.24, 2.45) is 0 Å². The van der Waals surface area contributed by atoms with E-state index < -0.39 is 0 Å². The molecular weight excluding hydrogens is 240 g/mol. The normalized spacial score (nSPS) is 10.6. The number of amides is 1. The van der Waals surface area contributed by atoms with Crippen molar-refractivity contribution in [3.8, 4) is 0 Å². The molecule has 1 aromatic rings. The van der Waals surface area contributed by atoms with Crippen molar-refractivity contribution < 1.29 is 9.90 Å². The van der Waals surface area contributed by atoms with E-state index in [1.165, 1.54) is 0 Å². The van der Waals surface area contributed by atoms with E-state index in [1.807, 2.05) is 36.2 Å². The molecule has 0 aromatic heterocycles. The van der Waals surface area contributed by atoms with Gasteiger partial charge >= 0.3 is 0 Å². The van der Waals surface area contributed by atoms with Gasteiger partial charge in [0.1, 0.15) is 0 Å². The minimum absolute atomic E-state index is 0.0417. The van der Waals surface area contributed by atoms with Gasteiger partial charge in [-0.2, -0.15) is 0 Å². The van der Waals surface area contributed by atoms with Crippen LogP contribution in [0.5, 0.6) is 0 Å². The van der Waals surface area contributed by atoms with Gasteiger partial charge in [0.2, 0.25) is 5.91 Å². The second-order valence-electron chi connectivity index (χ2n) is 3.84. The lowest BCUT2D eigenvalue weighted by molar-refractivity contribution is -0.122. The first kappa shape index (κ1) is 14.0. The maximum Gasteiger partial charge on any atom is 0.234 e. The van der Waals surface area contributed by atoms with E-state index in [0.29, 0.717) is 18.1 Å². The highest BCUT2D eigenvalue weighted by atomic mass is 35.5. The van der Waals surface area contributed by atoms with Gasteiger partial charge in [0, 0.05) is 18.1 Å². The molecule has 1 amide bonds.